The number of ether oxygens (including phenoxy) is 2. The summed E-state index contributed by atoms with van der Waals surface area (Å²) in [7, 11) is 2.41. The predicted molar refractivity (Wildman–Crippen MR) is 71.9 cm³/mol. The monoisotopic (exact) mass is 288 g/mol. The van der Waals surface area contributed by atoms with Crippen LogP contribution in [0.5, 0.6) is 0 Å². The predicted octanol–water partition coefficient (Wildman–Crippen LogP) is 2.40. The minimum Gasteiger partial charge on any atom is -0.464 e. The van der Waals surface area contributed by atoms with E-state index in [9.17, 15) is 9.59 Å². The number of esters is 2. The number of hydrogen-bond donors (Lipinski definition) is 1. The van der Waals surface area contributed by atoms with Crippen LogP contribution in [0.1, 0.15) is 21.0 Å². The van der Waals surface area contributed by atoms with Crippen molar-refractivity contribution < 1.29 is 19.1 Å². The lowest BCUT2D eigenvalue weighted by molar-refractivity contribution is 0.0588. The van der Waals surface area contributed by atoms with Gasteiger partial charge in [-0.2, -0.15) is 10.2 Å². The number of carbonyl (C=O) groups is 2. The number of benzene rings is 1. The van der Waals surface area contributed by atoms with E-state index in [2.05, 4.69) is 29.9 Å². The zero-order valence-electron chi connectivity index (χ0n) is 11.4. The van der Waals surface area contributed by atoms with E-state index >= 15 is 0 Å². The van der Waals surface area contributed by atoms with Crippen molar-refractivity contribution in [3.63, 3.8) is 0 Å². The van der Waals surface area contributed by atoms with Crippen molar-refractivity contribution in [1.29, 1.82) is 0 Å². The van der Waals surface area contributed by atoms with Crippen LogP contribution in [-0.4, -0.2) is 36.4 Å². The molecule has 2 aromatic rings. The van der Waals surface area contributed by atoms with Crippen LogP contribution in [0, 0.1) is 0 Å². The van der Waals surface area contributed by atoms with Crippen LogP contribution in [0.2, 0.25) is 0 Å². The van der Waals surface area contributed by atoms with Crippen LogP contribution in [0.15, 0.2) is 40.6 Å². The molecule has 8 heteroatoms. The molecule has 0 aliphatic carbocycles. The molecule has 0 fully saturated rings. The van der Waals surface area contributed by atoms with Crippen molar-refractivity contribution in [3.05, 3.63) is 41.7 Å². The van der Waals surface area contributed by atoms with Crippen LogP contribution >= 0.6 is 0 Å². The summed E-state index contributed by atoms with van der Waals surface area (Å²) in [5.41, 5.74) is 0.318. The van der Waals surface area contributed by atoms with Crippen molar-refractivity contribution in [2.75, 3.05) is 14.2 Å². The Morgan fingerprint density at radius 3 is 2.33 bits per heavy atom. The Hall–Kier alpha value is -3.03. The Kier molecular flexibility index (Phi) is 4.39. The number of carbonyl (C=O) groups excluding carboxylic acids is 2. The highest BCUT2D eigenvalue weighted by Crippen LogP contribution is 2.26. The first-order valence-corrected chi connectivity index (χ1v) is 5.89. The first kappa shape index (κ1) is 14.4. The standard InChI is InChI=1S/C13H12N4O4/c1-20-12(18)10-9(11(17-16-10)13(19)21-2)15-14-8-6-4-3-5-7-8/h3-7H,1-2H3,(H,16,17). The van der Waals surface area contributed by atoms with E-state index in [-0.39, 0.29) is 17.1 Å². The molecule has 21 heavy (non-hydrogen) atoms. The minimum atomic E-state index is -0.733. The molecule has 0 atom stereocenters. The van der Waals surface area contributed by atoms with Crippen molar-refractivity contribution in [2.24, 2.45) is 10.2 Å². The van der Waals surface area contributed by atoms with Crippen LogP contribution in [0.3, 0.4) is 0 Å². The Morgan fingerprint density at radius 1 is 1.05 bits per heavy atom. The average Bonchev–Trinajstić information content (AvgIpc) is 2.96. The summed E-state index contributed by atoms with van der Waals surface area (Å²) >= 11 is 0. The van der Waals surface area contributed by atoms with Crippen LogP contribution in [-0.2, 0) is 9.47 Å². The lowest BCUT2D eigenvalue weighted by Crippen LogP contribution is -2.03. The Bertz CT molecular complexity index is 645. The number of aromatic amines is 1. The molecule has 108 valence electrons. The number of methoxy groups -OCH3 is 2. The number of rotatable bonds is 4. The van der Waals surface area contributed by atoms with Gasteiger partial charge in [0.25, 0.3) is 0 Å². The summed E-state index contributed by atoms with van der Waals surface area (Å²) in [6.07, 6.45) is 0. The third kappa shape index (κ3) is 3.11. The third-order valence-electron chi connectivity index (χ3n) is 2.53. The Labute approximate surface area is 119 Å². The second-order valence-corrected chi connectivity index (χ2v) is 3.81. The summed E-state index contributed by atoms with van der Waals surface area (Å²) in [6, 6.07) is 8.84. The Balaban J connectivity index is 2.44. The highest BCUT2D eigenvalue weighted by molar-refractivity contribution is 6.00. The number of nitrogens with one attached hydrogen (secondary N) is 1. The largest absolute Gasteiger partial charge is 0.464 e. The molecule has 1 aromatic carbocycles. The summed E-state index contributed by atoms with van der Waals surface area (Å²) in [4.78, 5) is 23.2. The fourth-order valence-corrected chi connectivity index (χ4v) is 1.52. The van der Waals surface area contributed by atoms with Gasteiger partial charge in [-0.05, 0) is 12.1 Å². The van der Waals surface area contributed by atoms with Crippen LogP contribution in [0.4, 0.5) is 11.4 Å². The van der Waals surface area contributed by atoms with Crippen molar-refractivity contribution in [3.8, 4) is 0 Å². The molecule has 8 nitrogen and oxygen atoms in total. The molecule has 0 spiro atoms. The molecule has 2 rings (SSSR count). The lowest BCUT2D eigenvalue weighted by atomic mass is 10.3. The van der Waals surface area contributed by atoms with E-state index in [4.69, 9.17) is 0 Å². The summed E-state index contributed by atoms with van der Waals surface area (Å²) in [5, 5.41) is 14.0. The van der Waals surface area contributed by atoms with Crippen LogP contribution in [0.25, 0.3) is 0 Å². The molecule has 0 saturated heterocycles. The van der Waals surface area contributed by atoms with Crippen molar-refractivity contribution in [2.45, 2.75) is 0 Å². The van der Waals surface area contributed by atoms with Crippen molar-refractivity contribution >= 4 is 23.3 Å². The summed E-state index contributed by atoms with van der Waals surface area (Å²) < 4.78 is 9.17. The van der Waals surface area contributed by atoms with E-state index < -0.39 is 11.9 Å². The second kappa shape index (κ2) is 6.42. The van der Waals surface area contributed by atoms with Gasteiger partial charge in [0.2, 0.25) is 0 Å². The minimum absolute atomic E-state index is 0.0300. The molecule has 0 aliphatic rings. The highest BCUT2D eigenvalue weighted by atomic mass is 16.5. The van der Waals surface area contributed by atoms with Gasteiger partial charge in [-0.3, -0.25) is 5.10 Å². The number of hydrogen-bond acceptors (Lipinski definition) is 7. The number of azo groups is 1. The van der Waals surface area contributed by atoms with Gasteiger partial charge in [0.1, 0.15) is 0 Å². The summed E-state index contributed by atoms with van der Waals surface area (Å²) in [6.45, 7) is 0. The number of nitrogens with zero attached hydrogens (tertiary/aromatic N) is 3. The maximum Gasteiger partial charge on any atom is 0.360 e. The van der Waals surface area contributed by atoms with Crippen molar-refractivity contribution in [1.82, 2.24) is 10.2 Å². The lowest BCUT2D eigenvalue weighted by Gasteiger charge is -1.98. The van der Waals surface area contributed by atoms with Gasteiger partial charge in [0, 0.05) is 0 Å². The molecule has 1 N–H and O–H groups in total. The molecule has 0 saturated carbocycles. The van der Waals surface area contributed by atoms with Gasteiger partial charge in [0.15, 0.2) is 17.1 Å². The molecule has 0 amide bonds. The van der Waals surface area contributed by atoms with E-state index in [0.29, 0.717) is 5.69 Å². The van der Waals surface area contributed by atoms with Gasteiger partial charge in [-0.1, -0.05) is 18.2 Å². The molecule has 0 radical (unpaired) electrons. The van der Waals surface area contributed by atoms with E-state index in [1.807, 2.05) is 6.07 Å². The maximum atomic E-state index is 11.6. The zero-order chi connectivity index (χ0) is 15.2. The molecule has 1 aromatic heterocycles. The fourth-order valence-electron chi connectivity index (χ4n) is 1.52. The van der Waals surface area contributed by atoms with Gasteiger partial charge in [0.05, 0.1) is 19.9 Å². The van der Waals surface area contributed by atoms with Gasteiger partial charge < -0.3 is 9.47 Å². The molecule has 0 bridgehead atoms. The Morgan fingerprint density at radius 2 is 1.71 bits per heavy atom. The number of aromatic nitrogens is 2. The van der Waals surface area contributed by atoms with Gasteiger partial charge in [-0.25, -0.2) is 9.59 Å². The van der Waals surface area contributed by atoms with E-state index in [1.54, 1.807) is 24.3 Å². The third-order valence-corrected chi connectivity index (χ3v) is 2.53. The first-order chi connectivity index (χ1) is 10.2. The maximum absolute atomic E-state index is 11.6. The SMILES string of the molecule is COC(=O)c1n[nH]c(C(=O)OC)c1N=Nc1ccccc1. The first-order valence-electron chi connectivity index (χ1n) is 5.89. The van der Waals surface area contributed by atoms with E-state index in [0.717, 1.165) is 0 Å². The van der Waals surface area contributed by atoms with Gasteiger partial charge >= 0.3 is 11.9 Å². The topological polar surface area (TPSA) is 106 Å². The molecular formula is C13H12N4O4. The summed E-state index contributed by atoms with van der Waals surface area (Å²) in [5.74, 6) is -1.44. The molecule has 0 aliphatic heterocycles. The smallest absolute Gasteiger partial charge is 0.360 e. The normalized spacial score (nSPS) is 10.6. The quantitative estimate of drug-likeness (QED) is 0.686. The van der Waals surface area contributed by atoms with Crippen LogP contribution < -0.4 is 0 Å². The molecule has 1 heterocycles. The highest BCUT2D eigenvalue weighted by Gasteiger charge is 2.25. The zero-order valence-corrected chi connectivity index (χ0v) is 11.4. The average molecular weight is 288 g/mol. The second-order valence-electron chi connectivity index (χ2n) is 3.81. The molecular weight excluding hydrogens is 276 g/mol. The molecule has 0 unspecified atom stereocenters. The van der Waals surface area contributed by atoms with E-state index in [1.165, 1.54) is 14.2 Å². The van der Waals surface area contributed by atoms with Gasteiger partial charge in [-0.15, -0.1) is 5.11 Å². The fraction of sp³-hybridized carbons (Fsp3) is 0.154. The number of H-pyrrole nitrogens is 1.